The fraction of sp³-hybridized carbons (Fsp3) is 0.429. The molecule has 2 aromatic heterocycles. The van der Waals surface area contributed by atoms with Crippen LogP contribution in [-0.4, -0.2) is 57.9 Å². The van der Waals surface area contributed by atoms with Crippen molar-refractivity contribution in [2.45, 2.75) is 25.3 Å². The molecule has 32 heavy (non-hydrogen) atoms. The largest absolute Gasteiger partial charge is 0.486 e. The van der Waals surface area contributed by atoms with Crippen LogP contribution in [0, 0.1) is 13.8 Å². The van der Waals surface area contributed by atoms with Gasteiger partial charge in [0, 0.05) is 10.9 Å². The van der Waals surface area contributed by atoms with Crippen LogP contribution in [0.3, 0.4) is 0 Å². The van der Waals surface area contributed by atoms with Gasteiger partial charge in [-0.05, 0) is 31.5 Å². The number of quaternary nitrogens is 1. The normalized spacial score (nSPS) is 16.9. The topological polar surface area (TPSA) is 104 Å². The van der Waals surface area contributed by atoms with Crippen molar-refractivity contribution >= 4 is 37.4 Å². The Morgan fingerprint density at radius 1 is 1.06 bits per heavy atom. The van der Waals surface area contributed by atoms with Crippen molar-refractivity contribution in [3.63, 3.8) is 0 Å². The Labute approximate surface area is 190 Å². The molecule has 170 valence electrons. The standard InChI is InChI=1S/C21H24N4O5S2/c1-13-14(2)31-21-19(13)20(22-18(23-21)12-25-5-7-28-8-6-25)24-32(26,27)15-3-4-16-17(11-15)30-10-9-29-16/h3-4,11H,5-10,12H2,1-2H3,(H,22,23,24)/p+1. The third-order valence-corrected chi connectivity index (χ3v) is 8.18. The van der Waals surface area contributed by atoms with E-state index in [0.29, 0.717) is 56.1 Å². The minimum atomic E-state index is -3.89. The fourth-order valence-electron chi connectivity index (χ4n) is 3.88. The SMILES string of the molecule is Cc1sc2nc(C[NH+]3CCOCC3)nc(NS(=O)(=O)c3ccc4c(c3)OCCO4)c2c1C. The van der Waals surface area contributed by atoms with Gasteiger partial charge in [-0.25, -0.2) is 18.4 Å². The van der Waals surface area contributed by atoms with E-state index in [1.165, 1.54) is 17.0 Å². The van der Waals surface area contributed by atoms with E-state index < -0.39 is 10.0 Å². The van der Waals surface area contributed by atoms with Crippen LogP contribution in [0.5, 0.6) is 11.5 Å². The van der Waals surface area contributed by atoms with E-state index in [1.807, 2.05) is 13.8 Å². The van der Waals surface area contributed by atoms with Crippen LogP contribution in [0.2, 0.25) is 0 Å². The van der Waals surface area contributed by atoms with E-state index in [0.717, 1.165) is 33.7 Å². The summed E-state index contributed by atoms with van der Waals surface area (Å²) in [4.78, 5) is 12.7. The van der Waals surface area contributed by atoms with Gasteiger partial charge in [0.15, 0.2) is 23.1 Å². The van der Waals surface area contributed by atoms with Crippen LogP contribution >= 0.6 is 11.3 Å². The number of sulfonamides is 1. The molecule has 9 nitrogen and oxygen atoms in total. The second-order valence-corrected chi connectivity index (χ2v) is 10.8. The van der Waals surface area contributed by atoms with Crippen molar-refractivity contribution in [2.75, 3.05) is 44.2 Å². The van der Waals surface area contributed by atoms with E-state index in [4.69, 9.17) is 19.2 Å². The van der Waals surface area contributed by atoms with E-state index in [2.05, 4.69) is 9.71 Å². The molecule has 0 spiro atoms. The maximum atomic E-state index is 13.3. The average molecular weight is 478 g/mol. The number of aromatic nitrogens is 2. The molecule has 3 aromatic rings. The summed E-state index contributed by atoms with van der Waals surface area (Å²) in [6.07, 6.45) is 0. The van der Waals surface area contributed by atoms with Gasteiger partial charge >= 0.3 is 0 Å². The highest BCUT2D eigenvalue weighted by Crippen LogP contribution is 2.36. The summed E-state index contributed by atoms with van der Waals surface area (Å²) in [5.41, 5.74) is 0.982. The fourth-order valence-corrected chi connectivity index (χ4v) is 5.96. The second kappa shape index (κ2) is 8.47. The predicted molar refractivity (Wildman–Crippen MR) is 120 cm³/mol. The molecular weight excluding hydrogens is 452 g/mol. The van der Waals surface area contributed by atoms with Crippen LogP contribution in [0.4, 0.5) is 5.82 Å². The average Bonchev–Trinajstić information content (AvgIpc) is 3.07. The molecule has 0 unspecified atom stereocenters. The number of rotatable bonds is 5. The third kappa shape index (κ3) is 4.13. The van der Waals surface area contributed by atoms with Gasteiger partial charge in [0.05, 0.1) is 23.5 Å². The molecule has 5 rings (SSSR count). The zero-order valence-electron chi connectivity index (χ0n) is 17.9. The highest BCUT2D eigenvalue weighted by molar-refractivity contribution is 7.92. The number of ether oxygens (including phenoxy) is 3. The number of aryl methyl sites for hydroxylation is 2. The molecular formula is C21H25N4O5S2+. The lowest BCUT2D eigenvalue weighted by Gasteiger charge is -2.23. The number of benzene rings is 1. The first kappa shape index (κ1) is 21.4. The first-order chi connectivity index (χ1) is 15.4. The van der Waals surface area contributed by atoms with Crippen molar-refractivity contribution in [3.05, 3.63) is 34.5 Å². The van der Waals surface area contributed by atoms with Crippen LogP contribution in [0.1, 0.15) is 16.3 Å². The second-order valence-electron chi connectivity index (χ2n) is 7.90. The van der Waals surface area contributed by atoms with Gasteiger partial charge in [-0.1, -0.05) is 0 Å². The van der Waals surface area contributed by atoms with E-state index >= 15 is 0 Å². The molecule has 0 radical (unpaired) electrons. The molecule has 0 atom stereocenters. The van der Waals surface area contributed by atoms with Gasteiger partial charge in [0.25, 0.3) is 10.0 Å². The van der Waals surface area contributed by atoms with Crippen LogP contribution in [0.25, 0.3) is 10.2 Å². The number of morpholine rings is 1. The van der Waals surface area contributed by atoms with Gasteiger partial charge in [-0.15, -0.1) is 11.3 Å². The predicted octanol–water partition coefficient (Wildman–Crippen LogP) is 1.30. The molecule has 0 saturated carbocycles. The van der Waals surface area contributed by atoms with Crippen molar-refractivity contribution in [3.8, 4) is 11.5 Å². The van der Waals surface area contributed by atoms with Crippen LogP contribution in [0.15, 0.2) is 23.1 Å². The van der Waals surface area contributed by atoms with Crippen molar-refractivity contribution in [1.82, 2.24) is 9.97 Å². The molecule has 0 aliphatic carbocycles. The number of nitrogens with one attached hydrogen (secondary N) is 2. The van der Waals surface area contributed by atoms with Gasteiger partial charge in [-0.2, -0.15) is 0 Å². The number of nitrogens with zero attached hydrogens (tertiary/aromatic N) is 2. The maximum Gasteiger partial charge on any atom is 0.263 e. The lowest BCUT2D eigenvalue weighted by atomic mass is 10.2. The zero-order chi connectivity index (χ0) is 22.3. The molecule has 1 aromatic carbocycles. The molecule has 0 bridgehead atoms. The molecule has 0 amide bonds. The number of hydrogen-bond donors (Lipinski definition) is 2. The minimum absolute atomic E-state index is 0.0958. The minimum Gasteiger partial charge on any atom is -0.486 e. The Morgan fingerprint density at radius 3 is 2.59 bits per heavy atom. The highest BCUT2D eigenvalue weighted by atomic mass is 32.2. The summed E-state index contributed by atoms with van der Waals surface area (Å²) >= 11 is 1.55. The lowest BCUT2D eigenvalue weighted by molar-refractivity contribution is -0.922. The van der Waals surface area contributed by atoms with E-state index in [1.54, 1.807) is 17.4 Å². The van der Waals surface area contributed by atoms with Crippen molar-refractivity contribution in [1.29, 1.82) is 0 Å². The van der Waals surface area contributed by atoms with Gasteiger partial charge < -0.3 is 19.1 Å². The molecule has 4 heterocycles. The first-order valence-electron chi connectivity index (χ1n) is 10.5. The van der Waals surface area contributed by atoms with E-state index in [9.17, 15) is 8.42 Å². The van der Waals surface area contributed by atoms with Crippen LogP contribution < -0.4 is 19.1 Å². The Hall–Kier alpha value is -2.47. The molecule has 2 N–H and O–H groups in total. The molecule has 11 heteroatoms. The Balaban J connectivity index is 1.51. The number of thiophene rings is 1. The van der Waals surface area contributed by atoms with Crippen molar-refractivity contribution < 1.29 is 27.5 Å². The molecule has 2 aliphatic rings. The number of hydrogen-bond acceptors (Lipinski definition) is 8. The van der Waals surface area contributed by atoms with Crippen LogP contribution in [-0.2, 0) is 21.3 Å². The molecule has 1 fully saturated rings. The summed E-state index contributed by atoms with van der Waals surface area (Å²) in [5.74, 6) is 1.90. The van der Waals surface area contributed by atoms with E-state index in [-0.39, 0.29) is 4.90 Å². The molecule has 2 aliphatic heterocycles. The smallest absolute Gasteiger partial charge is 0.263 e. The summed E-state index contributed by atoms with van der Waals surface area (Å²) in [7, 11) is -3.89. The van der Waals surface area contributed by atoms with Gasteiger partial charge in [0.2, 0.25) is 0 Å². The summed E-state index contributed by atoms with van der Waals surface area (Å²) in [6.45, 7) is 8.59. The highest BCUT2D eigenvalue weighted by Gasteiger charge is 2.24. The Kier molecular flexibility index (Phi) is 5.66. The summed E-state index contributed by atoms with van der Waals surface area (Å²) in [5, 5.41) is 0.745. The first-order valence-corrected chi connectivity index (χ1v) is 12.8. The van der Waals surface area contributed by atoms with Crippen molar-refractivity contribution in [2.24, 2.45) is 0 Å². The van der Waals surface area contributed by atoms with Gasteiger partial charge in [-0.3, -0.25) is 4.72 Å². The quantitative estimate of drug-likeness (QED) is 0.571. The third-order valence-electron chi connectivity index (χ3n) is 5.74. The Bertz CT molecular complexity index is 1270. The van der Waals surface area contributed by atoms with Gasteiger partial charge in [0.1, 0.15) is 37.7 Å². The summed E-state index contributed by atoms with van der Waals surface area (Å²) < 4.78 is 45.7. The number of anilines is 1. The number of fused-ring (bicyclic) bond motifs is 2. The summed E-state index contributed by atoms with van der Waals surface area (Å²) in [6, 6.07) is 4.62. The maximum absolute atomic E-state index is 13.3. The lowest BCUT2D eigenvalue weighted by Crippen LogP contribution is -3.12. The zero-order valence-corrected chi connectivity index (χ0v) is 19.6. The monoisotopic (exact) mass is 477 g/mol. The Morgan fingerprint density at radius 2 is 1.81 bits per heavy atom. The molecule has 1 saturated heterocycles.